The highest BCUT2D eigenvalue weighted by molar-refractivity contribution is 5.89. The molecular formula is C18H18O3. The van der Waals surface area contributed by atoms with Gasteiger partial charge in [0, 0.05) is 5.92 Å². The van der Waals surface area contributed by atoms with E-state index in [9.17, 15) is 9.90 Å². The zero-order valence-electron chi connectivity index (χ0n) is 11.7. The minimum absolute atomic E-state index is 0.127. The summed E-state index contributed by atoms with van der Waals surface area (Å²) < 4.78 is 5.25. The smallest absolute Gasteiger partial charge is 0.338 e. The SMILES string of the molecule is C=CC(CCOC(=O)c1ccc(O)cc1)c1ccccc1. The number of hydrogen-bond donors (Lipinski definition) is 1. The summed E-state index contributed by atoms with van der Waals surface area (Å²) in [5, 5.41) is 9.18. The first-order valence-electron chi connectivity index (χ1n) is 6.84. The molecule has 2 rings (SSSR count). The Morgan fingerprint density at radius 2 is 1.81 bits per heavy atom. The molecule has 0 aliphatic heterocycles. The normalized spacial score (nSPS) is 11.6. The number of carbonyl (C=O) groups is 1. The van der Waals surface area contributed by atoms with Crippen molar-refractivity contribution in [1.82, 2.24) is 0 Å². The number of phenolic OH excluding ortho intramolecular Hbond substituents is 1. The fraction of sp³-hybridized carbons (Fsp3) is 0.167. The lowest BCUT2D eigenvalue weighted by molar-refractivity contribution is 0.0497. The van der Waals surface area contributed by atoms with Crippen molar-refractivity contribution in [2.45, 2.75) is 12.3 Å². The molecule has 0 aliphatic carbocycles. The standard InChI is InChI=1S/C18H18O3/c1-2-14(15-6-4-3-5-7-15)12-13-21-18(20)16-8-10-17(19)11-9-16/h2-11,14,19H,1,12-13H2. The minimum atomic E-state index is -0.383. The Labute approximate surface area is 124 Å². The van der Waals surface area contributed by atoms with Crippen LogP contribution in [0.2, 0.25) is 0 Å². The molecule has 21 heavy (non-hydrogen) atoms. The zero-order chi connectivity index (χ0) is 15.1. The van der Waals surface area contributed by atoms with E-state index in [4.69, 9.17) is 4.74 Å². The van der Waals surface area contributed by atoms with E-state index in [1.54, 1.807) is 12.1 Å². The number of aromatic hydroxyl groups is 1. The Bertz CT molecular complexity index is 588. The van der Waals surface area contributed by atoms with E-state index >= 15 is 0 Å². The average molecular weight is 282 g/mol. The summed E-state index contributed by atoms with van der Waals surface area (Å²) >= 11 is 0. The third-order valence-corrected chi connectivity index (χ3v) is 3.28. The van der Waals surface area contributed by atoms with Crippen molar-refractivity contribution in [2.75, 3.05) is 6.61 Å². The number of allylic oxidation sites excluding steroid dienone is 1. The average Bonchev–Trinajstić information content (AvgIpc) is 2.53. The Kier molecular flexibility index (Phi) is 5.16. The van der Waals surface area contributed by atoms with Gasteiger partial charge in [-0.2, -0.15) is 0 Å². The molecular weight excluding hydrogens is 264 g/mol. The van der Waals surface area contributed by atoms with E-state index < -0.39 is 0 Å². The minimum Gasteiger partial charge on any atom is -0.508 e. The second-order valence-corrected chi connectivity index (χ2v) is 4.72. The van der Waals surface area contributed by atoms with Gasteiger partial charge in [-0.1, -0.05) is 36.4 Å². The topological polar surface area (TPSA) is 46.5 Å². The molecule has 0 spiro atoms. The van der Waals surface area contributed by atoms with E-state index in [0.29, 0.717) is 18.6 Å². The van der Waals surface area contributed by atoms with Crippen LogP contribution in [-0.2, 0) is 4.74 Å². The van der Waals surface area contributed by atoms with Crippen molar-refractivity contribution in [3.05, 3.63) is 78.4 Å². The molecule has 0 saturated carbocycles. The fourth-order valence-corrected chi connectivity index (χ4v) is 2.08. The molecule has 0 aromatic heterocycles. The largest absolute Gasteiger partial charge is 0.508 e. The molecule has 0 bridgehead atoms. The molecule has 1 atom stereocenters. The number of carbonyl (C=O) groups excluding carboxylic acids is 1. The second-order valence-electron chi connectivity index (χ2n) is 4.72. The van der Waals surface area contributed by atoms with E-state index in [-0.39, 0.29) is 17.6 Å². The summed E-state index contributed by atoms with van der Waals surface area (Å²) in [5.74, 6) is -0.0907. The molecule has 0 heterocycles. The maximum Gasteiger partial charge on any atom is 0.338 e. The van der Waals surface area contributed by atoms with E-state index in [2.05, 4.69) is 6.58 Å². The van der Waals surface area contributed by atoms with Gasteiger partial charge in [0.25, 0.3) is 0 Å². The van der Waals surface area contributed by atoms with Gasteiger partial charge in [0.15, 0.2) is 0 Å². The van der Waals surface area contributed by atoms with Crippen LogP contribution in [-0.4, -0.2) is 17.7 Å². The Morgan fingerprint density at radius 3 is 2.43 bits per heavy atom. The molecule has 0 radical (unpaired) electrons. The third kappa shape index (κ3) is 4.21. The van der Waals surface area contributed by atoms with Crippen LogP contribution >= 0.6 is 0 Å². The van der Waals surface area contributed by atoms with Gasteiger partial charge in [-0.15, -0.1) is 6.58 Å². The molecule has 3 nitrogen and oxygen atoms in total. The van der Waals surface area contributed by atoms with Gasteiger partial charge >= 0.3 is 5.97 Å². The molecule has 3 heteroatoms. The maximum atomic E-state index is 11.8. The maximum absolute atomic E-state index is 11.8. The first kappa shape index (κ1) is 14.9. The van der Waals surface area contributed by atoms with Gasteiger partial charge in [0.2, 0.25) is 0 Å². The summed E-state index contributed by atoms with van der Waals surface area (Å²) in [5.41, 5.74) is 1.59. The van der Waals surface area contributed by atoms with Gasteiger partial charge < -0.3 is 9.84 Å². The summed E-state index contributed by atoms with van der Waals surface area (Å²) in [7, 11) is 0. The molecule has 1 N–H and O–H groups in total. The number of rotatable bonds is 6. The number of esters is 1. The summed E-state index contributed by atoms with van der Waals surface area (Å²) in [4.78, 5) is 11.8. The third-order valence-electron chi connectivity index (χ3n) is 3.28. The van der Waals surface area contributed by atoms with E-state index in [1.807, 2.05) is 36.4 Å². The van der Waals surface area contributed by atoms with E-state index in [0.717, 1.165) is 5.56 Å². The first-order chi connectivity index (χ1) is 10.2. The van der Waals surface area contributed by atoms with Crippen molar-refractivity contribution in [3.8, 4) is 5.75 Å². The lowest BCUT2D eigenvalue weighted by atomic mass is 9.96. The highest BCUT2D eigenvalue weighted by atomic mass is 16.5. The molecule has 2 aromatic rings. The number of hydrogen-bond acceptors (Lipinski definition) is 3. The van der Waals surface area contributed by atoms with Crippen LogP contribution in [0.15, 0.2) is 67.3 Å². The van der Waals surface area contributed by atoms with Gasteiger partial charge in [0.1, 0.15) is 5.75 Å². The molecule has 2 aromatic carbocycles. The predicted octanol–water partition coefficient (Wildman–Crippen LogP) is 3.91. The van der Waals surface area contributed by atoms with Crippen LogP contribution in [0, 0.1) is 0 Å². The number of phenols is 1. The monoisotopic (exact) mass is 282 g/mol. The molecule has 108 valence electrons. The Morgan fingerprint density at radius 1 is 1.14 bits per heavy atom. The lowest BCUT2D eigenvalue weighted by Gasteiger charge is -2.13. The quantitative estimate of drug-likeness (QED) is 0.645. The Hall–Kier alpha value is -2.55. The van der Waals surface area contributed by atoms with Crippen molar-refractivity contribution in [2.24, 2.45) is 0 Å². The molecule has 0 saturated heterocycles. The highest BCUT2D eigenvalue weighted by Gasteiger charge is 2.10. The van der Waals surface area contributed by atoms with Crippen LogP contribution in [0.1, 0.15) is 28.3 Å². The van der Waals surface area contributed by atoms with Crippen LogP contribution in [0.25, 0.3) is 0 Å². The zero-order valence-corrected chi connectivity index (χ0v) is 11.7. The predicted molar refractivity (Wildman–Crippen MR) is 82.4 cm³/mol. The summed E-state index contributed by atoms with van der Waals surface area (Å²) in [6.07, 6.45) is 2.56. The highest BCUT2D eigenvalue weighted by Crippen LogP contribution is 2.20. The molecule has 0 fully saturated rings. The second kappa shape index (κ2) is 7.29. The van der Waals surface area contributed by atoms with Crippen LogP contribution < -0.4 is 0 Å². The summed E-state index contributed by atoms with van der Waals surface area (Å²) in [6, 6.07) is 16.0. The number of ether oxygens (including phenoxy) is 1. The van der Waals surface area contributed by atoms with Crippen molar-refractivity contribution >= 4 is 5.97 Å². The summed E-state index contributed by atoms with van der Waals surface area (Å²) in [6.45, 7) is 4.16. The molecule has 1 unspecified atom stereocenters. The molecule has 0 aliphatic rings. The lowest BCUT2D eigenvalue weighted by Crippen LogP contribution is -2.08. The number of benzene rings is 2. The van der Waals surface area contributed by atoms with Gasteiger partial charge in [-0.05, 0) is 36.2 Å². The first-order valence-corrected chi connectivity index (χ1v) is 6.84. The fourth-order valence-electron chi connectivity index (χ4n) is 2.08. The van der Waals surface area contributed by atoms with Gasteiger partial charge in [-0.25, -0.2) is 4.79 Å². The van der Waals surface area contributed by atoms with Crippen LogP contribution in [0.5, 0.6) is 5.75 Å². The van der Waals surface area contributed by atoms with Crippen molar-refractivity contribution < 1.29 is 14.6 Å². The van der Waals surface area contributed by atoms with Crippen LogP contribution in [0.4, 0.5) is 0 Å². The molecule has 0 amide bonds. The van der Waals surface area contributed by atoms with E-state index in [1.165, 1.54) is 12.1 Å². The van der Waals surface area contributed by atoms with Crippen LogP contribution in [0.3, 0.4) is 0 Å². The van der Waals surface area contributed by atoms with Crippen molar-refractivity contribution in [3.63, 3.8) is 0 Å². The van der Waals surface area contributed by atoms with Gasteiger partial charge in [-0.3, -0.25) is 0 Å². The van der Waals surface area contributed by atoms with Gasteiger partial charge in [0.05, 0.1) is 12.2 Å². The Balaban J connectivity index is 1.87. The van der Waals surface area contributed by atoms with Crippen molar-refractivity contribution in [1.29, 1.82) is 0 Å².